The number of hydrogen-bond acceptors (Lipinski definition) is 3. The molecule has 53 heavy (non-hydrogen) atoms. The predicted molar refractivity (Wildman–Crippen MR) is 221 cm³/mol. The first-order valence-corrected chi connectivity index (χ1v) is 19.5. The minimum Gasteiger partial charge on any atom is -0.871 e. The van der Waals surface area contributed by atoms with Crippen LogP contribution in [0.15, 0.2) is 48.5 Å². The van der Waals surface area contributed by atoms with Gasteiger partial charge >= 0.3 is 17.1 Å². The molecule has 0 aromatic heterocycles. The molecule has 1 saturated carbocycles. The number of anilines is 1. The van der Waals surface area contributed by atoms with Gasteiger partial charge in [0.25, 0.3) is 0 Å². The zero-order valence-electron chi connectivity index (χ0n) is 34.5. The fourth-order valence-corrected chi connectivity index (χ4v) is 7.65. The van der Waals surface area contributed by atoms with Gasteiger partial charge in [0.05, 0.1) is 0 Å². The van der Waals surface area contributed by atoms with E-state index in [2.05, 4.69) is 118 Å². The molecular formula is C46H64MnN4O2-2. The van der Waals surface area contributed by atoms with Crippen LogP contribution in [0, 0.1) is 5.92 Å². The summed E-state index contributed by atoms with van der Waals surface area (Å²) in [6.45, 7) is 27.6. The number of rotatable bonds is 4. The maximum absolute atomic E-state index is 13.2. The normalized spacial score (nSPS) is 20.1. The zero-order valence-corrected chi connectivity index (χ0v) is 35.6. The number of fused-ring (bicyclic) bond motifs is 2. The Morgan fingerprint density at radius 3 is 2.02 bits per heavy atom. The summed E-state index contributed by atoms with van der Waals surface area (Å²) in [5, 5.41) is 42.2. The smallest absolute Gasteiger partial charge is 0.871 e. The number of para-hydroxylation sites is 1. The van der Waals surface area contributed by atoms with Crippen LogP contribution in [0.5, 0.6) is 11.5 Å². The molecular weight excluding hydrogens is 695 g/mol. The van der Waals surface area contributed by atoms with Crippen LogP contribution in [0.4, 0.5) is 22.7 Å². The van der Waals surface area contributed by atoms with Crippen molar-refractivity contribution >= 4 is 28.8 Å². The molecule has 3 aromatic carbocycles. The van der Waals surface area contributed by atoms with Crippen molar-refractivity contribution in [1.82, 2.24) is 0 Å². The summed E-state index contributed by atoms with van der Waals surface area (Å²) in [6.07, 6.45) is 10.3. The Kier molecular flexibility index (Phi) is 13.1. The molecule has 289 valence electrons. The topological polar surface area (TPSA) is 97.6 Å². The van der Waals surface area contributed by atoms with Gasteiger partial charge in [-0.25, -0.2) is 0 Å². The molecule has 3 unspecified atom stereocenters. The standard InChI is InChI=1S/C23H37N2O.C23H28N2O.Mn/c2*1-22(2,3)16-13-17(23(4,5)6)21(26)19(14-16)25-18-11-7-9-15-10-8-12-24-20(15)18;/h13-15,18,20,25-26H,7-12H2,1-6H3;7-11,13-14,26H,12H2,1-6H3;/q-1;-2;+2/p-1. The van der Waals surface area contributed by atoms with E-state index in [1.807, 2.05) is 30.3 Å². The maximum Gasteiger partial charge on any atom is 2.00 e. The zero-order chi connectivity index (χ0) is 38.2. The van der Waals surface area contributed by atoms with Crippen LogP contribution >= 0.6 is 0 Å². The van der Waals surface area contributed by atoms with Crippen LogP contribution in [-0.2, 0) is 38.7 Å². The van der Waals surface area contributed by atoms with Gasteiger partial charge in [-0.05, 0) is 62.0 Å². The molecule has 2 N–H and O–H groups in total. The van der Waals surface area contributed by atoms with Gasteiger partial charge in [-0.1, -0.05) is 169 Å². The van der Waals surface area contributed by atoms with Gasteiger partial charge in [0.2, 0.25) is 0 Å². The van der Waals surface area contributed by atoms with E-state index >= 15 is 0 Å². The van der Waals surface area contributed by atoms with Crippen LogP contribution in [0.2, 0.25) is 0 Å². The minimum absolute atomic E-state index is 0. The number of hydrogen-bond donors (Lipinski definition) is 2. The number of phenolic OH excluding ortho intramolecular Hbond substituents is 1. The summed E-state index contributed by atoms with van der Waals surface area (Å²) in [6, 6.07) is 15.0. The Labute approximate surface area is 331 Å². The van der Waals surface area contributed by atoms with Crippen molar-refractivity contribution in [2.45, 2.75) is 149 Å². The first kappa shape index (κ1) is 42.6. The largest absolute Gasteiger partial charge is 2.00 e. The van der Waals surface area contributed by atoms with Crippen LogP contribution < -0.4 is 10.4 Å². The number of nitrogens with zero attached hydrogens (tertiary/aromatic N) is 3. The molecule has 7 heteroatoms. The van der Waals surface area contributed by atoms with E-state index in [9.17, 15) is 10.2 Å². The van der Waals surface area contributed by atoms with Gasteiger partial charge in [0, 0.05) is 11.7 Å². The third-order valence-electron chi connectivity index (χ3n) is 10.9. The van der Waals surface area contributed by atoms with Crippen molar-refractivity contribution in [2.24, 2.45) is 5.92 Å². The second-order valence-electron chi connectivity index (χ2n) is 19.3. The molecule has 3 atom stereocenters. The van der Waals surface area contributed by atoms with Gasteiger partial charge in [-0.3, -0.25) is 0 Å². The van der Waals surface area contributed by atoms with E-state index in [1.165, 1.54) is 36.8 Å². The number of nitrogens with one attached hydrogen (secondary N) is 1. The third kappa shape index (κ3) is 10.1. The Morgan fingerprint density at radius 1 is 0.755 bits per heavy atom. The van der Waals surface area contributed by atoms with Crippen molar-refractivity contribution in [3.63, 3.8) is 0 Å². The summed E-state index contributed by atoms with van der Waals surface area (Å²) < 4.78 is 0. The number of aromatic hydroxyl groups is 1. The van der Waals surface area contributed by atoms with Gasteiger partial charge < -0.3 is 31.5 Å². The molecule has 6 rings (SSSR count). The van der Waals surface area contributed by atoms with E-state index < -0.39 is 0 Å². The van der Waals surface area contributed by atoms with E-state index in [-0.39, 0.29) is 50.2 Å². The Balaban J connectivity index is 0.000000232. The van der Waals surface area contributed by atoms with E-state index in [0.29, 0.717) is 30.2 Å². The Morgan fingerprint density at radius 2 is 1.38 bits per heavy atom. The van der Waals surface area contributed by atoms with Gasteiger partial charge in [0.1, 0.15) is 5.75 Å². The van der Waals surface area contributed by atoms with Crippen LogP contribution in [-0.4, -0.2) is 30.3 Å². The molecule has 3 aliphatic rings. The first-order chi connectivity index (χ1) is 24.1. The summed E-state index contributed by atoms with van der Waals surface area (Å²) in [4.78, 5) is 0. The second-order valence-corrected chi connectivity index (χ2v) is 19.3. The number of benzene rings is 3. The molecule has 0 bridgehead atoms. The molecule has 1 radical (unpaired) electrons. The molecule has 2 aliphatic heterocycles. The molecule has 3 aromatic rings. The first-order valence-electron chi connectivity index (χ1n) is 19.5. The fraction of sp³-hybridized carbons (Fsp3) is 0.565. The average molecular weight is 760 g/mol. The van der Waals surface area contributed by atoms with Gasteiger partial charge in [0.15, 0.2) is 0 Å². The Hall–Kier alpha value is -3.12. The predicted octanol–water partition coefficient (Wildman–Crippen LogP) is 12.8. The average Bonchev–Trinajstić information content (AvgIpc) is 3.05. The molecule has 0 amide bonds. The quantitative estimate of drug-likeness (QED) is 0.259. The fourth-order valence-electron chi connectivity index (χ4n) is 7.65. The van der Waals surface area contributed by atoms with Crippen LogP contribution in [0.1, 0.15) is 143 Å². The molecule has 1 aliphatic carbocycles. The van der Waals surface area contributed by atoms with Crippen molar-refractivity contribution in [1.29, 1.82) is 0 Å². The summed E-state index contributed by atoms with van der Waals surface area (Å²) in [7, 11) is 0. The summed E-state index contributed by atoms with van der Waals surface area (Å²) >= 11 is 0. The molecule has 0 spiro atoms. The van der Waals surface area contributed by atoms with E-state index in [0.717, 1.165) is 46.7 Å². The third-order valence-corrected chi connectivity index (χ3v) is 10.9. The van der Waals surface area contributed by atoms with Crippen molar-refractivity contribution in [2.75, 3.05) is 18.4 Å². The van der Waals surface area contributed by atoms with Crippen LogP contribution in [0.25, 0.3) is 22.0 Å². The van der Waals surface area contributed by atoms with Crippen molar-refractivity contribution in [3.05, 3.63) is 92.3 Å². The number of phenols is 1. The summed E-state index contributed by atoms with van der Waals surface area (Å²) in [5.41, 5.74) is 8.08. The summed E-state index contributed by atoms with van der Waals surface area (Å²) in [5.74, 6) is 1.14. The van der Waals surface area contributed by atoms with Gasteiger partial charge in [-0.15, -0.1) is 30.9 Å². The minimum atomic E-state index is -0.168. The molecule has 6 nitrogen and oxygen atoms in total. The van der Waals surface area contributed by atoms with E-state index in [1.54, 1.807) is 0 Å². The molecule has 2 fully saturated rings. The van der Waals surface area contributed by atoms with Gasteiger partial charge in [-0.2, -0.15) is 5.69 Å². The SMILES string of the molecule is CC(C)(C)c1cc(NC2CCCC3CCC[N-]C32)c([O-])c(C(C)(C)C)c1.CC(C)(C)c1cc([N-]c2cccc3c2[N-]CC=C3)c(O)c(C(C)(C)C)c1.[Mn+2]. The second kappa shape index (κ2) is 16.3. The van der Waals surface area contributed by atoms with Crippen molar-refractivity contribution < 1.29 is 27.3 Å². The van der Waals surface area contributed by atoms with Crippen molar-refractivity contribution in [3.8, 4) is 11.5 Å². The van der Waals surface area contributed by atoms with E-state index in [4.69, 9.17) is 10.6 Å². The monoisotopic (exact) mass is 759 g/mol. The Bertz CT molecular complexity index is 1750. The number of piperidine rings is 1. The van der Waals surface area contributed by atoms with Crippen LogP contribution in [0.3, 0.4) is 0 Å². The molecule has 1 saturated heterocycles. The maximum atomic E-state index is 13.2. The molecule has 2 heterocycles.